The van der Waals surface area contributed by atoms with Crippen LogP contribution in [0.5, 0.6) is 0 Å². The first-order valence-corrected chi connectivity index (χ1v) is 7.18. The quantitative estimate of drug-likeness (QED) is 0.859. The van der Waals surface area contributed by atoms with Gasteiger partial charge in [-0.25, -0.2) is 0 Å². The van der Waals surface area contributed by atoms with Crippen molar-refractivity contribution in [1.82, 2.24) is 0 Å². The first-order valence-electron chi connectivity index (χ1n) is 7.18. The number of aryl methyl sites for hydroxylation is 3. The predicted molar refractivity (Wildman–Crippen MR) is 85.2 cm³/mol. The largest absolute Gasteiger partial charge is 0.387 e. The van der Waals surface area contributed by atoms with Gasteiger partial charge < -0.3 is 10.4 Å². The molecule has 2 aromatic carbocycles. The lowest BCUT2D eigenvalue weighted by molar-refractivity contribution is 0.191. The Morgan fingerprint density at radius 3 is 2.30 bits per heavy atom. The fourth-order valence-corrected chi connectivity index (χ4v) is 2.16. The van der Waals surface area contributed by atoms with Crippen LogP contribution in [-0.2, 0) is 6.42 Å². The van der Waals surface area contributed by atoms with Gasteiger partial charge in [0.25, 0.3) is 0 Å². The van der Waals surface area contributed by atoms with Crippen molar-refractivity contribution in [2.24, 2.45) is 0 Å². The third kappa shape index (κ3) is 3.61. The lowest BCUT2D eigenvalue weighted by Crippen LogP contribution is -2.12. The van der Waals surface area contributed by atoms with E-state index in [2.05, 4.69) is 62.5 Å². The molecule has 0 aliphatic heterocycles. The van der Waals surface area contributed by atoms with E-state index in [0.29, 0.717) is 6.54 Å². The number of nitrogens with one attached hydrogen (secondary N) is 1. The van der Waals surface area contributed by atoms with Crippen molar-refractivity contribution in [3.05, 3.63) is 64.7 Å². The molecule has 20 heavy (non-hydrogen) atoms. The number of hydrogen-bond donors (Lipinski definition) is 2. The van der Waals surface area contributed by atoms with E-state index >= 15 is 0 Å². The molecule has 2 nitrogen and oxygen atoms in total. The third-order valence-electron chi connectivity index (χ3n) is 3.78. The second kappa shape index (κ2) is 6.58. The van der Waals surface area contributed by atoms with E-state index in [0.717, 1.165) is 17.7 Å². The molecule has 0 heterocycles. The molecule has 0 saturated heterocycles. The summed E-state index contributed by atoms with van der Waals surface area (Å²) in [5, 5.41) is 13.5. The predicted octanol–water partition coefficient (Wildman–Crippen LogP) is 4.01. The minimum Gasteiger partial charge on any atom is -0.387 e. The van der Waals surface area contributed by atoms with Gasteiger partial charge in [-0.3, -0.25) is 0 Å². The highest BCUT2D eigenvalue weighted by Crippen LogP contribution is 2.18. The van der Waals surface area contributed by atoms with Gasteiger partial charge in [-0.1, -0.05) is 37.3 Å². The zero-order valence-corrected chi connectivity index (χ0v) is 12.5. The Hall–Kier alpha value is -1.80. The Morgan fingerprint density at radius 2 is 1.70 bits per heavy atom. The summed E-state index contributed by atoms with van der Waals surface area (Å²) in [7, 11) is 0. The van der Waals surface area contributed by atoms with Crippen molar-refractivity contribution in [2.45, 2.75) is 33.3 Å². The van der Waals surface area contributed by atoms with Gasteiger partial charge in [-0.05, 0) is 54.7 Å². The van der Waals surface area contributed by atoms with E-state index in [4.69, 9.17) is 0 Å². The highest BCUT2D eigenvalue weighted by atomic mass is 16.3. The van der Waals surface area contributed by atoms with Crippen LogP contribution >= 0.6 is 0 Å². The van der Waals surface area contributed by atoms with Crippen molar-refractivity contribution in [2.75, 3.05) is 11.9 Å². The Labute approximate surface area is 121 Å². The highest BCUT2D eigenvalue weighted by molar-refractivity contribution is 5.45. The maximum Gasteiger partial charge on any atom is 0.0962 e. The monoisotopic (exact) mass is 269 g/mol. The average molecular weight is 269 g/mol. The van der Waals surface area contributed by atoms with Gasteiger partial charge in [0.15, 0.2) is 0 Å². The number of rotatable bonds is 5. The number of aliphatic hydroxyl groups excluding tert-OH is 1. The summed E-state index contributed by atoms with van der Waals surface area (Å²) in [5.41, 5.74) is 5.80. The first kappa shape index (κ1) is 14.6. The van der Waals surface area contributed by atoms with Gasteiger partial charge >= 0.3 is 0 Å². The Bertz CT molecular complexity index is 560. The van der Waals surface area contributed by atoms with E-state index in [-0.39, 0.29) is 0 Å². The second-order valence-corrected chi connectivity index (χ2v) is 5.29. The van der Waals surface area contributed by atoms with E-state index in [9.17, 15) is 5.11 Å². The van der Waals surface area contributed by atoms with Crippen LogP contribution < -0.4 is 5.32 Å². The molecule has 0 aromatic heterocycles. The van der Waals surface area contributed by atoms with E-state index in [1.807, 2.05) is 6.07 Å². The van der Waals surface area contributed by atoms with Crippen molar-refractivity contribution in [3.8, 4) is 0 Å². The molecule has 2 aromatic rings. The Kier molecular flexibility index (Phi) is 4.80. The van der Waals surface area contributed by atoms with Crippen LogP contribution in [-0.4, -0.2) is 11.7 Å². The number of benzene rings is 2. The van der Waals surface area contributed by atoms with Crippen molar-refractivity contribution in [3.63, 3.8) is 0 Å². The molecule has 2 N–H and O–H groups in total. The van der Waals surface area contributed by atoms with Crippen LogP contribution in [0.1, 0.15) is 35.3 Å². The summed E-state index contributed by atoms with van der Waals surface area (Å²) in [6.07, 6.45) is 0.561. The zero-order valence-electron chi connectivity index (χ0n) is 12.5. The minimum atomic E-state index is -0.486. The van der Waals surface area contributed by atoms with Gasteiger partial charge in [0.2, 0.25) is 0 Å². The van der Waals surface area contributed by atoms with Gasteiger partial charge in [0.05, 0.1) is 6.10 Å². The number of hydrogen-bond acceptors (Lipinski definition) is 2. The molecule has 2 heteroatoms. The molecular formula is C18H23NO. The molecule has 1 unspecified atom stereocenters. The van der Waals surface area contributed by atoms with Crippen LogP contribution in [0.3, 0.4) is 0 Å². The van der Waals surface area contributed by atoms with Gasteiger partial charge in [-0.15, -0.1) is 0 Å². The van der Waals surface area contributed by atoms with Crippen molar-refractivity contribution in [1.29, 1.82) is 0 Å². The molecule has 0 amide bonds. The maximum absolute atomic E-state index is 10.2. The standard InChI is InChI=1S/C18H23NO/c1-4-15-6-9-17(10-7-15)19-12-18(20)16-8-5-13(2)14(3)11-16/h5-11,18-20H,4,12H2,1-3H3. The maximum atomic E-state index is 10.2. The molecule has 0 spiro atoms. The fraction of sp³-hybridized carbons (Fsp3) is 0.333. The second-order valence-electron chi connectivity index (χ2n) is 5.29. The molecule has 0 fully saturated rings. The van der Waals surface area contributed by atoms with Gasteiger partial charge in [0, 0.05) is 12.2 Å². The minimum absolute atomic E-state index is 0.486. The topological polar surface area (TPSA) is 32.3 Å². The highest BCUT2D eigenvalue weighted by Gasteiger charge is 2.08. The van der Waals surface area contributed by atoms with Crippen LogP contribution in [0.15, 0.2) is 42.5 Å². The van der Waals surface area contributed by atoms with Gasteiger partial charge in [-0.2, -0.15) is 0 Å². The summed E-state index contributed by atoms with van der Waals surface area (Å²) >= 11 is 0. The molecule has 0 radical (unpaired) electrons. The van der Waals surface area contributed by atoms with Crippen molar-refractivity contribution < 1.29 is 5.11 Å². The molecule has 1 atom stereocenters. The van der Waals surface area contributed by atoms with Crippen LogP contribution in [0.4, 0.5) is 5.69 Å². The summed E-state index contributed by atoms with van der Waals surface area (Å²) in [6.45, 7) is 6.82. The van der Waals surface area contributed by atoms with E-state index in [1.54, 1.807) is 0 Å². The van der Waals surface area contributed by atoms with Crippen LogP contribution in [0.2, 0.25) is 0 Å². The molecule has 0 bridgehead atoms. The van der Waals surface area contributed by atoms with E-state index < -0.39 is 6.10 Å². The molecule has 0 saturated carbocycles. The lowest BCUT2D eigenvalue weighted by atomic mass is 10.0. The molecule has 106 valence electrons. The molecule has 0 aliphatic rings. The number of anilines is 1. The Balaban J connectivity index is 1.96. The summed E-state index contributed by atoms with van der Waals surface area (Å²) in [6, 6.07) is 14.5. The zero-order chi connectivity index (χ0) is 14.5. The van der Waals surface area contributed by atoms with Crippen LogP contribution in [0.25, 0.3) is 0 Å². The van der Waals surface area contributed by atoms with Gasteiger partial charge in [0.1, 0.15) is 0 Å². The fourth-order valence-electron chi connectivity index (χ4n) is 2.16. The van der Waals surface area contributed by atoms with Crippen LogP contribution in [0, 0.1) is 13.8 Å². The van der Waals surface area contributed by atoms with E-state index in [1.165, 1.54) is 16.7 Å². The smallest absolute Gasteiger partial charge is 0.0962 e. The average Bonchev–Trinajstić information content (AvgIpc) is 2.48. The third-order valence-corrected chi connectivity index (χ3v) is 3.78. The molecule has 2 rings (SSSR count). The summed E-state index contributed by atoms with van der Waals surface area (Å²) in [5.74, 6) is 0. The normalized spacial score (nSPS) is 12.2. The molecular weight excluding hydrogens is 246 g/mol. The van der Waals surface area contributed by atoms with Crippen molar-refractivity contribution >= 4 is 5.69 Å². The first-order chi connectivity index (χ1) is 9.60. The molecule has 0 aliphatic carbocycles. The summed E-state index contributed by atoms with van der Waals surface area (Å²) < 4.78 is 0. The SMILES string of the molecule is CCc1ccc(NCC(O)c2ccc(C)c(C)c2)cc1. The number of aliphatic hydroxyl groups is 1. The Morgan fingerprint density at radius 1 is 1.00 bits per heavy atom. The summed E-state index contributed by atoms with van der Waals surface area (Å²) in [4.78, 5) is 0. The lowest BCUT2D eigenvalue weighted by Gasteiger charge is -2.14.